The van der Waals surface area contributed by atoms with Gasteiger partial charge < -0.3 is 16.2 Å². The molecule has 0 aliphatic rings. The zero-order chi connectivity index (χ0) is 13.9. The van der Waals surface area contributed by atoms with Crippen molar-refractivity contribution in [3.05, 3.63) is 23.8 Å². The number of anilines is 2. The Morgan fingerprint density at radius 1 is 1.44 bits per heavy atom. The predicted octanol–water partition coefficient (Wildman–Crippen LogP) is 3.06. The molecule has 4 heteroatoms. The Morgan fingerprint density at radius 3 is 2.56 bits per heavy atom. The molecule has 1 aromatic carbocycles. The monoisotopic (exact) mass is 250 g/mol. The Balaban J connectivity index is 2.88. The fraction of sp³-hybridized carbons (Fsp3) is 0.500. The lowest BCUT2D eigenvalue weighted by atomic mass is 9.82. The molecule has 0 radical (unpaired) electrons. The van der Waals surface area contributed by atoms with Crippen molar-refractivity contribution in [2.24, 2.45) is 11.3 Å². The third kappa shape index (κ3) is 3.39. The van der Waals surface area contributed by atoms with Gasteiger partial charge in [0.1, 0.15) is 0 Å². The van der Waals surface area contributed by atoms with Crippen molar-refractivity contribution in [3.8, 4) is 0 Å². The van der Waals surface area contributed by atoms with E-state index in [1.165, 1.54) is 0 Å². The average molecular weight is 250 g/mol. The third-order valence-corrected chi connectivity index (χ3v) is 3.39. The molecular weight excluding hydrogens is 228 g/mol. The number of hydrogen-bond acceptors (Lipinski definition) is 3. The maximum Gasteiger partial charge on any atom is 0.337 e. The number of benzene rings is 1. The second-order valence-corrected chi connectivity index (χ2v) is 5.72. The highest BCUT2D eigenvalue weighted by atomic mass is 16.4. The first-order chi connectivity index (χ1) is 8.23. The molecule has 1 rings (SSSR count). The van der Waals surface area contributed by atoms with Gasteiger partial charge in [-0.05, 0) is 23.5 Å². The van der Waals surface area contributed by atoms with Crippen LogP contribution in [0.25, 0.3) is 0 Å². The van der Waals surface area contributed by atoms with Crippen molar-refractivity contribution >= 4 is 17.3 Å². The Hall–Kier alpha value is -1.71. The lowest BCUT2D eigenvalue weighted by Crippen LogP contribution is -2.25. The quantitative estimate of drug-likeness (QED) is 0.718. The van der Waals surface area contributed by atoms with Crippen LogP contribution in [0.4, 0.5) is 11.4 Å². The minimum Gasteiger partial charge on any atom is -0.478 e. The molecule has 1 atom stereocenters. The number of nitrogens with one attached hydrogen (secondary N) is 1. The topological polar surface area (TPSA) is 75.3 Å². The van der Waals surface area contributed by atoms with E-state index >= 15 is 0 Å². The van der Waals surface area contributed by atoms with Gasteiger partial charge in [0.2, 0.25) is 0 Å². The van der Waals surface area contributed by atoms with Crippen LogP contribution in [-0.2, 0) is 0 Å². The highest BCUT2D eigenvalue weighted by Gasteiger charge is 2.21. The van der Waals surface area contributed by atoms with Crippen molar-refractivity contribution in [2.75, 3.05) is 17.6 Å². The van der Waals surface area contributed by atoms with Crippen LogP contribution >= 0.6 is 0 Å². The summed E-state index contributed by atoms with van der Waals surface area (Å²) in [5, 5.41) is 12.3. The van der Waals surface area contributed by atoms with Crippen LogP contribution in [0.5, 0.6) is 0 Å². The summed E-state index contributed by atoms with van der Waals surface area (Å²) in [4.78, 5) is 11.1. The Bertz CT molecular complexity index is 436. The third-order valence-electron chi connectivity index (χ3n) is 3.39. The number of hydrogen-bond donors (Lipinski definition) is 3. The molecule has 1 aromatic rings. The van der Waals surface area contributed by atoms with Crippen LogP contribution in [0, 0.1) is 11.3 Å². The van der Waals surface area contributed by atoms with Gasteiger partial charge in [0.15, 0.2) is 0 Å². The average Bonchev–Trinajstić information content (AvgIpc) is 2.25. The Morgan fingerprint density at radius 2 is 2.06 bits per heavy atom. The summed E-state index contributed by atoms with van der Waals surface area (Å²) >= 11 is 0. The molecule has 0 spiro atoms. The van der Waals surface area contributed by atoms with E-state index < -0.39 is 5.97 Å². The summed E-state index contributed by atoms with van der Waals surface area (Å²) in [6.07, 6.45) is 0. The maximum atomic E-state index is 11.1. The summed E-state index contributed by atoms with van der Waals surface area (Å²) < 4.78 is 0. The van der Waals surface area contributed by atoms with Crippen LogP contribution in [0.1, 0.15) is 38.1 Å². The van der Waals surface area contributed by atoms with Crippen LogP contribution in [0.15, 0.2) is 18.2 Å². The molecule has 0 aliphatic carbocycles. The molecule has 0 aromatic heterocycles. The fourth-order valence-electron chi connectivity index (χ4n) is 1.51. The van der Waals surface area contributed by atoms with E-state index in [0.717, 1.165) is 0 Å². The zero-order valence-electron chi connectivity index (χ0n) is 11.4. The molecule has 0 saturated carbocycles. The van der Waals surface area contributed by atoms with Gasteiger partial charge in [-0.1, -0.05) is 33.8 Å². The summed E-state index contributed by atoms with van der Waals surface area (Å²) in [5.74, 6) is -0.563. The van der Waals surface area contributed by atoms with Crippen molar-refractivity contribution in [1.29, 1.82) is 0 Å². The molecule has 18 heavy (non-hydrogen) atoms. The van der Waals surface area contributed by atoms with Crippen molar-refractivity contribution in [2.45, 2.75) is 27.7 Å². The minimum atomic E-state index is -0.965. The zero-order valence-corrected chi connectivity index (χ0v) is 11.4. The van der Waals surface area contributed by atoms with E-state index in [0.29, 0.717) is 23.8 Å². The predicted molar refractivity (Wildman–Crippen MR) is 74.9 cm³/mol. The second-order valence-electron chi connectivity index (χ2n) is 5.72. The smallest absolute Gasteiger partial charge is 0.337 e. The van der Waals surface area contributed by atoms with E-state index in [1.54, 1.807) is 18.2 Å². The molecule has 0 bridgehead atoms. The van der Waals surface area contributed by atoms with E-state index in [-0.39, 0.29) is 11.0 Å². The van der Waals surface area contributed by atoms with Crippen molar-refractivity contribution in [3.63, 3.8) is 0 Å². The first-order valence-corrected chi connectivity index (χ1v) is 6.09. The molecule has 0 amide bonds. The molecule has 4 N–H and O–H groups in total. The number of carbonyl (C=O) groups is 1. The van der Waals surface area contributed by atoms with Gasteiger partial charge in [-0.25, -0.2) is 4.79 Å². The molecule has 0 saturated heterocycles. The largest absolute Gasteiger partial charge is 0.478 e. The fourth-order valence-corrected chi connectivity index (χ4v) is 1.51. The lowest BCUT2D eigenvalue weighted by molar-refractivity contribution is 0.0698. The SMILES string of the molecule is CC(CNc1c(N)cccc1C(=O)O)C(C)(C)C. The van der Waals surface area contributed by atoms with Gasteiger partial charge in [0.05, 0.1) is 16.9 Å². The molecule has 4 nitrogen and oxygen atoms in total. The van der Waals surface area contributed by atoms with E-state index in [1.807, 2.05) is 0 Å². The lowest BCUT2D eigenvalue weighted by Gasteiger charge is -2.28. The van der Waals surface area contributed by atoms with Crippen LogP contribution in [0.3, 0.4) is 0 Å². The molecule has 100 valence electrons. The first-order valence-electron chi connectivity index (χ1n) is 6.09. The number of nitrogens with two attached hydrogens (primary N) is 1. The minimum absolute atomic E-state index is 0.167. The van der Waals surface area contributed by atoms with Gasteiger partial charge in [0.25, 0.3) is 0 Å². The van der Waals surface area contributed by atoms with Crippen molar-refractivity contribution < 1.29 is 9.90 Å². The number of nitrogen functional groups attached to an aromatic ring is 1. The number of carboxylic acid groups (broad SMARTS) is 1. The van der Waals surface area contributed by atoms with Gasteiger partial charge in [0, 0.05) is 6.54 Å². The van der Waals surface area contributed by atoms with Gasteiger partial charge in [-0.15, -0.1) is 0 Å². The van der Waals surface area contributed by atoms with E-state index in [4.69, 9.17) is 10.8 Å². The number of aromatic carboxylic acids is 1. The second kappa shape index (κ2) is 5.29. The highest BCUT2D eigenvalue weighted by Crippen LogP contribution is 2.28. The van der Waals surface area contributed by atoms with Gasteiger partial charge >= 0.3 is 5.97 Å². The summed E-state index contributed by atoms with van der Waals surface area (Å²) in [6.45, 7) is 9.30. The Kier molecular flexibility index (Phi) is 4.22. The molecule has 1 unspecified atom stereocenters. The summed E-state index contributed by atoms with van der Waals surface area (Å²) in [5.41, 5.74) is 7.20. The summed E-state index contributed by atoms with van der Waals surface area (Å²) in [7, 11) is 0. The maximum absolute atomic E-state index is 11.1. The van der Waals surface area contributed by atoms with Gasteiger partial charge in [-0.2, -0.15) is 0 Å². The molecule has 0 fully saturated rings. The Labute approximate surface area is 108 Å². The van der Waals surface area contributed by atoms with Gasteiger partial charge in [-0.3, -0.25) is 0 Å². The normalized spacial score (nSPS) is 13.1. The number of carboxylic acids is 1. The highest BCUT2D eigenvalue weighted by molar-refractivity contribution is 5.97. The van der Waals surface area contributed by atoms with Crippen LogP contribution in [0.2, 0.25) is 0 Å². The molecule has 0 heterocycles. The van der Waals surface area contributed by atoms with Crippen LogP contribution in [-0.4, -0.2) is 17.6 Å². The summed E-state index contributed by atoms with van der Waals surface area (Å²) in [6, 6.07) is 4.91. The molecule has 0 aliphatic heterocycles. The molecular formula is C14H22N2O2. The number of para-hydroxylation sites is 1. The van der Waals surface area contributed by atoms with Crippen LogP contribution < -0.4 is 11.1 Å². The standard InChI is InChI=1S/C14H22N2O2/c1-9(14(2,3)4)8-16-12-10(13(17)18)6-5-7-11(12)15/h5-7,9,16H,8,15H2,1-4H3,(H,17,18). The van der Waals surface area contributed by atoms with E-state index in [2.05, 4.69) is 33.0 Å². The first kappa shape index (κ1) is 14.4. The van der Waals surface area contributed by atoms with E-state index in [9.17, 15) is 4.79 Å². The number of rotatable bonds is 4. The van der Waals surface area contributed by atoms with Crippen molar-refractivity contribution in [1.82, 2.24) is 0 Å².